The van der Waals surface area contributed by atoms with Crippen LogP contribution in [0.2, 0.25) is 0 Å². The molecule has 1 aliphatic rings. The molecule has 0 bridgehead atoms. The molecule has 1 N–H and O–H groups in total. The third-order valence-corrected chi connectivity index (χ3v) is 7.78. The van der Waals surface area contributed by atoms with Gasteiger partial charge >= 0.3 is 5.97 Å². The Balaban J connectivity index is 1.77. The highest BCUT2D eigenvalue weighted by atomic mass is 79.9. The summed E-state index contributed by atoms with van der Waals surface area (Å²) in [7, 11) is 0. The maximum absolute atomic E-state index is 12.7. The first kappa shape index (κ1) is 24.8. The zero-order valence-corrected chi connectivity index (χ0v) is 21.9. The monoisotopic (exact) mass is 521 g/mol. The zero-order valence-electron chi connectivity index (χ0n) is 19.5. The molecule has 1 aromatic heterocycles. The molecule has 0 aliphatic heterocycles. The molecular weight excluding hydrogens is 490 g/mol. The van der Waals surface area contributed by atoms with E-state index < -0.39 is 0 Å². The molecule has 174 valence electrons. The number of ether oxygens (including phenoxy) is 2. The Kier molecular flexibility index (Phi) is 8.04. The third-order valence-electron chi connectivity index (χ3n) is 5.99. The Bertz CT molecular complexity index is 993. The Morgan fingerprint density at radius 2 is 2.00 bits per heavy atom. The number of fused-ring (bicyclic) bond motifs is 1. The van der Waals surface area contributed by atoms with Gasteiger partial charge in [0.15, 0.2) is 6.61 Å². The normalized spacial score (nSPS) is 15.8. The molecule has 32 heavy (non-hydrogen) atoms. The maximum atomic E-state index is 12.7. The van der Waals surface area contributed by atoms with Gasteiger partial charge in [-0.05, 0) is 83.1 Å². The lowest BCUT2D eigenvalue weighted by Gasteiger charge is -2.33. The number of hydrogen-bond donors (Lipinski definition) is 1. The van der Waals surface area contributed by atoms with E-state index in [9.17, 15) is 9.59 Å². The molecule has 1 amide bonds. The molecular formula is C25H32BrNO4S. The maximum Gasteiger partial charge on any atom is 0.341 e. The Morgan fingerprint density at radius 3 is 2.62 bits per heavy atom. The Hall–Kier alpha value is -1.86. The fourth-order valence-electron chi connectivity index (χ4n) is 4.02. The summed E-state index contributed by atoms with van der Waals surface area (Å²) in [6.45, 7) is 10.8. The smallest absolute Gasteiger partial charge is 0.341 e. The second-order valence-corrected chi connectivity index (χ2v) is 11.1. The number of carbonyl (C=O) groups is 2. The molecule has 0 spiro atoms. The number of esters is 1. The highest BCUT2D eigenvalue weighted by Crippen LogP contribution is 2.44. The highest BCUT2D eigenvalue weighted by Gasteiger charge is 2.34. The standard InChI is InChI=1S/C25H32BrNO4S/c1-6-15-8-11-19(18(26)12-15)31-14-21(28)27-23-22(24(29)30-7-2)17-10-9-16(25(3,4)5)13-20(17)32-23/h8,11-12,16H,6-7,9-10,13-14H2,1-5H3,(H,27,28). The number of hydrogen-bond acceptors (Lipinski definition) is 5. The van der Waals surface area contributed by atoms with Gasteiger partial charge in [-0.15, -0.1) is 11.3 Å². The van der Waals surface area contributed by atoms with Crippen molar-refractivity contribution < 1.29 is 19.1 Å². The van der Waals surface area contributed by atoms with Crippen LogP contribution in [0.1, 0.15) is 67.4 Å². The molecule has 0 saturated heterocycles. The van der Waals surface area contributed by atoms with Crippen LogP contribution in [0, 0.1) is 11.3 Å². The van der Waals surface area contributed by atoms with Gasteiger partial charge in [0.2, 0.25) is 0 Å². The summed E-state index contributed by atoms with van der Waals surface area (Å²) in [6, 6.07) is 5.83. The Labute approximate surface area is 203 Å². The second kappa shape index (κ2) is 10.4. The molecule has 3 rings (SSSR count). The van der Waals surface area contributed by atoms with Gasteiger partial charge in [-0.1, -0.05) is 33.8 Å². The predicted octanol–water partition coefficient (Wildman–Crippen LogP) is 6.42. The molecule has 1 aliphatic carbocycles. The minimum absolute atomic E-state index is 0.139. The van der Waals surface area contributed by atoms with Crippen LogP contribution < -0.4 is 10.1 Å². The van der Waals surface area contributed by atoms with Gasteiger partial charge in [-0.2, -0.15) is 0 Å². The molecule has 1 heterocycles. The number of rotatable bonds is 7. The summed E-state index contributed by atoms with van der Waals surface area (Å²) < 4.78 is 11.8. The molecule has 7 heteroatoms. The number of aryl methyl sites for hydroxylation is 1. The van der Waals surface area contributed by atoms with Gasteiger partial charge in [0.25, 0.3) is 5.91 Å². The number of anilines is 1. The van der Waals surface area contributed by atoms with Crippen molar-refractivity contribution in [2.45, 2.75) is 60.3 Å². The number of amides is 1. The van der Waals surface area contributed by atoms with E-state index in [0.29, 0.717) is 28.8 Å². The Morgan fingerprint density at radius 1 is 1.25 bits per heavy atom. The average molecular weight is 523 g/mol. The largest absolute Gasteiger partial charge is 0.483 e. The van der Waals surface area contributed by atoms with E-state index in [-0.39, 0.29) is 23.9 Å². The summed E-state index contributed by atoms with van der Waals surface area (Å²) in [4.78, 5) is 26.6. The lowest BCUT2D eigenvalue weighted by atomic mass is 9.72. The van der Waals surface area contributed by atoms with Crippen LogP contribution >= 0.6 is 27.3 Å². The first-order valence-corrected chi connectivity index (χ1v) is 12.8. The molecule has 0 radical (unpaired) electrons. The molecule has 1 unspecified atom stereocenters. The fourth-order valence-corrected chi connectivity index (χ4v) is 5.89. The van der Waals surface area contributed by atoms with Gasteiger partial charge in [0, 0.05) is 4.88 Å². The van der Waals surface area contributed by atoms with E-state index in [0.717, 1.165) is 35.7 Å². The van der Waals surface area contributed by atoms with Crippen molar-refractivity contribution in [2.75, 3.05) is 18.5 Å². The van der Waals surface area contributed by atoms with Gasteiger partial charge in [0.05, 0.1) is 16.6 Å². The molecule has 1 aromatic carbocycles. The van der Waals surface area contributed by atoms with Crippen molar-refractivity contribution >= 4 is 44.1 Å². The number of halogens is 1. The fraction of sp³-hybridized carbons (Fsp3) is 0.520. The van der Waals surface area contributed by atoms with Crippen LogP contribution in [0.5, 0.6) is 5.75 Å². The van der Waals surface area contributed by atoms with Crippen LogP contribution in [-0.4, -0.2) is 25.1 Å². The number of benzene rings is 1. The van der Waals surface area contributed by atoms with Crippen molar-refractivity contribution in [3.8, 4) is 5.75 Å². The van der Waals surface area contributed by atoms with Crippen LogP contribution in [0.3, 0.4) is 0 Å². The van der Waals surface area contributed by atoms with E-state index in [4.69, 9.17) is 9.47 Å². The quantitative estimate of drug-likeness (QED) is 0.427. The lowest BCUT2D eigenvalue weighted by molar-refractivity contribution is -0.118. The number of thiophene rings is 1. The summed E-state index contributed by atoms with van der Waals surface area (Å²) in [5.74, 6) is 0.488. The second-order valence-electron chi connectivity index (χ2n) is 9.19. The van der Waals surface area contributed by atoms with Crippen molar-refractivity contribution in [1.82, 2.24) is 0 Å². The van der Waals surface area contributed by atoms with Gasteiger partial charge in [-0.3, -0.25) is 4.79 Å². The number of carbonyl (C=O) groups excluding carboxylic acids is 2. The van der Waals surface area contributed by atoms with Crippen molar-refractivity contribution in [3.05, 3.63) is 44.2 Å². The lowest BCUT2D eigenvalue weighted by Crippen LogP contribution is -2.26. The minimum atomic E-state index is -0.367. The first-order valence-electron chi connectivity index (χ1n) is 11.2. The number of nitrogens with one attached hydrogen (secondary N) is 1. The van der Waals surface area contributed by atoms with Crippen molar-refractivity contribution in [1.29, 1.82) is 0 Å². The van der Waals surface area contributed by atoms with E-state index >= 15 is 0 Å². The SMILES string of the molecule is CCOC(=O)c1c(NC(=O)COc2ccc(CC)cc2Br)sc2c1CCC(C(C)(C)C)C2. The van der Waals surface area contributed by atoms with Crippen LogP contribution in [0.25, 0.3) is 0 Å². The highest BCUT2D eigenvalue weighted by molar-refractivity contribution is 9.10. The topological polar surface area (TPSA) is 64.6 Å². The van der Waals surface area contributed by atoms with Gasteiger partial charge < -0.3 is 14.8 Å². The summed E-state index contributed by atoms with van der Waals surface area (Å²) in [6.07, 6.45) is 3.69. The van der Waals surface area contributed by atoms with Crippen LogP contribution in [0.15, 0.2) is 22.7 Å². The molecule has 0 fully saturated rings. The van der Waals surface area contributed by atoms with Crippen molar-refractivity contribution in [2.24, 2.45) is 11.3 Å². The van der Waals surface area contributed by atoms with Crippen molar-refractivity contribution in [3.63, 3.8) is 0 Å². The molecule has 1 atom stereocenters. The summed E-state index contributed by atoms with van der Waals surface area (Å²) in [5, 5.41) is 3.48. The summed E-state index contributed by atoms with van der Waals surface area (Å²) in [5.41, 5.74) is 2.93. The zero-order chi connectivity index (χ0) is 23.5. The molecule has 2 aromatic rings. The van der Waals surface area contributed by atoms with E-state index in [1.54, 1.807) is 6.92 Å². The predicted molar refractivity (Wildman–Crippen MR) is 133 cm³/mol. The first-order chi connectivity index (χ1) is 15.1. The average Bonchev–Trinajstić information content (AvgIpc) is 3.09. The summed E-state index contributed by atoms with van der Waals surface area (Å²) >= 11 is 4.99. The minimum Gasteiger partial charge on any atom is -0.483 e. The van der Waals surface area contributed by atoms with Crippen LogP contribution in [-0.2, 0) is 28.8 Å². The van der Waals surface area contributed by atoms with E-state index in [1.165, 1.54) is 21.8 Å². The van der Waals surface area contributed by atoms with Gasteiger partial charge in [0.1, 0.15) is 10.8 Å². The van der Waals surface area contributed by atoms with Gasteiger partial charge in [-0.25, -0.2) is 4.79 Å². The third kappa shape index (κ3) is 5.73. The van der Waals surface area contributed by atoms with E-state index in [1.807, 2.05) is 18.2 Å². The van der Waals surface area contributed by atoms with Crippen LogP contribution in [0.4, 0.5) is 5.00 Å². The molecule has 0 saturated carbocycles. The molecule has 5 nitrogen and oxygen atoms in total. The van der Waals surface area contributed by atoms with E-state index in [2.05, 4.69) is 48.9 Å².